The first-order chi connectivity index (χ1) is 14.5. The molecule has 0 fully saturated rings. The topological polar surface area (TPSA) is 77.5 Å². The number of hydrogen-bond acceptors (Lipinski definition) is 6. The average molecular weight is 443 g/mol. The number of rotatable bonds is 7. The highest BCUT2D eigenvalue weighted by molar-refractivity contribution is 7.09. The number of thiazole rings is 1. The molecule has 6 nitrogen and oxygen atoms in total. The number of nitrogens with one attached hydrogen (secondary N) is 1. The molecular formula is C22H19ClN2O4S. The number of hydrogen-bond donors (Lipinski definition) is 1. The average Bonchev–Trinajstić information content (AvgIpc) is 3.16. The van der Waals surface area contributed by atoms with Gasteiger partial charge in [0.25, 0.3) is 5.91 Å². The molecular weight excluding hydrogens is 424 g/mol. The molecule has 1 N–H and O–H groups in total. The lowest BCUT2D eigenvalue weighted by atomic mass is 10.1. The van der Waals surface area contributed by atoms with Crippen LogP contribution in [0.3, 0.4) is 0 Å². The number of aromatic nitrogens is 1. The summed E-state index contributed by atoms with van der Waals surface area (Å²) >= 11 is 7.60. The van der Waals surface area contributed by atoms with E-state index in [2.05, 4.69) is 10.3 Å². The zero-order valence-corrected chi connectivity index (χ0v) is 17.9. The second kappa shape index (κ2) is 10.0. The lowest BCUT2D eigenvalue weighted by molar-refractivity contribution is -0.149. The van der Waals surface area contributed by atoms with Crippen LogP contribution in [0.5, 0.6) is 5.75 Å². The van der Waals surface area contributed by atoms with Crippen molar-refractivity contribution in [2.45, 2.75) is 13.0 Å². The first-order valence-electron chi connectivity index (χ1n) is 8.96. The third-order valence-electron chi connectivity index (χ3n) is 4.02. The van der Waals surface area contributed by atoms with E-state index in [1.807, 2.05) is 18.4 Å². The molecule has 1 aromatic heterocycles. The number of amides is 1. The molecule has 0 saturated carbocycles. The Morgan fingerprint density at radius 2 is 1.97 bits per heavy atom. The Morgan fingerprint density at radius 3 is 2.60 bits per heavy atom. The van der Waals surface area contributed by atoms with Crippen LogP contribution in [0.15, 0.2) is 60.0 Å². The standard InChI is InChI=1S/C22H19ClN2O4S/c1-14-24-17(13-30-14)9-11-20(26)29-21(15-6-4-3-5-7-15)22(27)25-16-8-10-19(28-2)18(23)12-16/h3-13,21H,1-2H3,(H,25,27)/b11-9+. The second-order valence-electron chi connectivity index (χ2n) is 6.19. The highest BCUT2D eigenvalue weighted by atomic mass is 35.5. The number of nitrogens with zero attached hydrogens (tertiary/aromatic N) is 1. The maximum absolute atomic E-state index is 12.9. The van der Waals surface area contributed by atoms with Crippen molar-refractivity contribution in [3.05, 3.63) is 81.3 Å². The molecule has 3 aromatic rings. The molecule has 1 heterocycles. The van der Waals surface area contributed by atoms with Crippen LogP contribution >= 0.6 is 22.9 Å². The smallest absolute Gasteiger partial charge is 0.331 e. The molecule has 8 heteroatoms. The Bertz CT molecular complexity index is 1070. The van der Waals surface area contributed by atoms with Gasteiger partial charge < -0.3 is 14.8 Å². The molecule has 1 atom stereocenters. The lowest BCUT2D eigenvalue weighted by Crippen LogP contribution is -2.25. The van der Waals surface area contributed by atoms with Gasteiger partial charge in [0.1, 0.15) is 5.75 Å². The molecule has 0 aliphatic rings. The van der Waals surface area contributed by atoms with Crippen LogP contribution < -0.4 is 10.1 Å². The van der Waals surface area contributed by atoms with E-state index in [1.54, 1.807) is 48.5 Å². The first-order valence-corrected chi connectivity index (χ1v) is 10.2. The minimum atomic E-state index is -1.14. The molecule has 0 spiro atoms. The fourth-order valence-corrected chi connectivity index (χ4v) is 3.46. The van der Waals surface area contributed by atoms with Gasteiger partial charge in [-0.25, -0.2) is 9.78 Å². The zero-order chi connectivity index (χ0) is 21.5. The van der Waals surface area contributed by atoms with E-state index in [0.29, 0.717) is 27.7 Å². The predicted octanol–water partition coefficient (Wildman–Crippen LogP) is 5.05. The fourth-order valence-electron chi connectivity index (χ4n) is 2.62. The van der Waals surface area contributed by atoms with Crippen LogP contribution in [-0.2, 0) is 14.3 Å². The number of benzene rings is 2. The third kappa shape index (κ3) is 5.68. The van der Waals surface area contributed by atoms with E-state index in [9.17, 15) is 9.59 Å². The molecule has 0 saturated heterocycles. The van der Waals surface area contributed by atoms with E-state index in [0.717, 1.165) is 5.01 Å². The van der Waals surface area contributed by atoms with Crippen molar-refractivity contribution >= 4 is 46.6 Å². The maximum atomic E-state index is 12.9. The van der Waals surface area contributed by atoms with E-state index in [-0.39, 0.29) is 0 Å². The number of carbonyl (C=O) groups excluding carboxylic acids is 2. The van der Waals surface area contributed by atoms with Crippen molar-refractivity contribution in [2.24, 2.45) is 0 Å². The Balaban J connectivity index is 1.76. The Morgan fingerprint density at radius 1 is 1.20 bits per heavy atom. The molecule has 154 valence electrons. The van der Waals surface area contributed by atoms with Crippen molar-refractivity contribution < 1.29 is 19.1 Å². The van der Waals surface area contributed by atoms with Crippen molar-refractivity contribution in [1.82, 2.24) is 4.98 Å². The number of methoxy groups -OCH3 is 1. The summed E-state index contributed by atoms with van der Waals surface area (Å²) in [6, 6.07) is 13.6. The van der Waals surface area contributed by atoms with Gasteiger partial charge in [0, 0.05) is 22.7 Å². The summed E-state index contributed by atoms with van der Waals surface area (Å²) in [5, 5.41) is 5.79. The van der Waals surface area contributed by atoms with Gasteiger partial charge in [-0.15, -0.1) is 11.3 Å². The number of carbonyl (C=O) groups is 2. The van der Waals surface area contributed by atoms with Crippen molar-refractivity contribution in [3.63, 3.8) is 0 Å². The van der Waals surface area contributed by atoms with Gasteiger partial charge in [-0.05, 0) is 31.2 Å². The van der Waals surface area contributed by atoms with Crippen LogP contribution in [0.4, 0.5) is 5.69 Å². The van der Waals surface area contributed by atoms with Crippen LogP contribution in [0.25, 0.3) is 6.08 Å². The van der Waals surface area contributed by atoms with E-state index >= 15 is 0 Å². The minimum absolute atomic E-state index is 0.352. The summed E-state index contributed by atoms with van der Waals surface area (Å²) in [5.41, 5.74) is 1.65. The van der Waals surface area contributed by atoms with E-state index in [1.165, 1.54) is 24.5 Å². The highest BCUT2D eigenvalue weighted by Gasteiger charge is 2.24. The molecule has 0 bridgehead atoms. The fraction of sp³-hybridized carbons (Fsp3) is 0.136. The van der Waals surface area contributed by atoms with Crippen LogP contribution in [-0.4, -0.2) is 24.0 Å². The van der Waals surface area contributed by atoms with Gasteiger partial charge in [-0.2, -0.15) is 0 Å². The minimum Gasteiger partial charge on any atom is -0.495 e. The van der Waals surface area contributed by atoms with Gasteiger partial charge in [0.15, 0.2) is 0 Å². The lowest BCUT2D eigenvalue weighted by Gasteiger charge is -2.17. The van der Waals surface area contributed by atoms with Crippen molar-refractivity contribution in [1.29, 1.82) is 0 Å². The summed E-state index contributed by atoms with van der Waals surface area (Å²) in [7, 11) is 1.50. The monoisotopic (exact) mass is 442 g/mol. The molecule has 0 aliphatic carbocycles. The molecule has 0 radical (unpaired) electrons. The molecule has 0 aliphatic heterocycles. The maximum Gasteiger partial charge on any atom is 0.331 e. The van der Waals surface area contributed by atoms with E-state index in [4.69, 9.17) is 21.1 Å². The normalized spacial score (nSPS) is 11.8. The summed E-state index contributed by atoms with van der Waals surface area (Å²) < 4.78 is 10.6. The van der Waals surface area contributed by atoms with Crippen LogP contribution in [0.2, 0.25) is 5.02 Å². The first kappa shape index (κ1) is 21.5. The predicted molar refractivity (Wildman–Crippen MR) is 118 cm³/mol. The molecule has 2 aromatic carbocycles. The van der Waals surface area contributed by atoms with Crippen molar-refractivity contribution in [2.75, 3.05) is 12.4 Å². The summed E-state index contributed by atoms with van der Waals surface area (Å²) in [6.07, 6.45) is 1.66. The molecule has 30 heavy (non-hydrogen) atoms. The van der Waals surface area contributed by atoms with Gasteiger partial charge in [-0.3, -0.25) is 4.79 Å². The SMILES string of the molecule is COc1ccc(NC(=O)C(OC(=O)/C=C/c2csc(C)n2)c2ccccc2)cc1Cl. The summed E-state index contributed by atoms with van der Waals surface area (Å²) in [6.45, 7) is 1.88. The Labute approximate surface area is 183 Å². The summed E-state index contributed by atoms with van der Waals surface area (Å²) in [4.78, 5) is 29.5. The summed E-state index contributed by atoms with van der Waals surface area (Å²) in [5.74, 6) is -0.672. The Hall–Kier alpha value is -3.16. The van der Waals surface area contributed by atoms with Crippen LogP contribution in [0, 0.1) is 6.92 Å². The van der Waals surface area contributed by atoms with Gasteiger partial charge in [0.2, 0.25) is 6.10 Å². The largest absolute Gasteiger partial charge is 0.495 e. The third-order valence-corrected chi connectivity index (χ3v) is 5.11. The number of anilines is 1. The zero-order valence-electron chi connectivity index (χ0n) is 16.3. The number of esters is 1. The number of ether oxygens (including phenoxy) is 2. The molecule has 3 rings (SSSR count). The molecule has 1 amide bonds. The van der Waals surface area contributed by atoms with Gasteiger partial charge in [0.05, 0.1) is 22.8 Å². The van der Waals surface area contributed by atoms with Gasteiger partial charge in [-0.1, -0.05) is 41.9 Å². The van der Waals surface area contributed by atoms with E-state index < -0.39 is 18.0 Å². The number of aryl methyl sites for hydroxylation is 1. The Kier molecular flexibility index (Phi) is 7.21. The highest BCUT2D eigenvalue weighted by Crippen LogP contribution is 2.28. The quantitative estimate of drug-likeness (QED) is 0.409. The van der Waals surface area contributed by atoms with Crippen LogP contribution in [0.1, 0.15) is 22.4 Å². The number of halogens is 1. The molecule has 1 unspecified atom stereocenters. The van der Waals surface area contributed by atoms with Crippen molar-refractivity contribution in [3.8, 4) is 5.75 Å². The van der Waals surface area contributed by atoms with Gasteiger partial charge >= 0.3 is 5.97 Å². The second-order valence-corrected chi connectivity index (χ2v) is 7.66.